The fourth-order valence-corrected chi connectivity index (χ4v) is 4.17. The molecule has 30 heavy (non-hydrogen) atoms. The maximum absolute atomic E-state index is 13.3. The number of nitrogens with zero attached hydrogens (tertiary/aromatic N) is 1. The zero-order chi connectivity index (χ0) is 21.5. The molecular formula is C24H28ClFN2O2. The SMILES string of the molecule is CC[C@H](C(=O)NC1CCCC1)N(Cc1ccccc1Cl)C(=O)Cc1ccc(F)cc1. The Hall–Kier alpha value is -2.40. The van der Waals surface area contributed by atoms with Gasteiger partial charge < -0.3 is 10.2 Å². The Morgan fingerprint density at radius 3 is 2.43 bits per heavy atom. The highest BCUT2D eigenvalue weighted by Gasteiger charge is 2.30. The van der Waals surface area contributed by atoms with Crippen LogP contribution in [0.25, 0.3) is 0 Å². The first-order chi connectivity index (χ1) is 14.5. The van der Waals surface area contributed by atoms with Gasteiger partial charge in [0.25, 0.3) is 0 Å². The van der Waals surface area contributed by atoms with Crippen LogP contribution >= 0.6 is 11.6 Å². The van der Waals surface area contributed by atoms with E-state index in [2.05, 4.69) is 5.32 Å². The molecule has 4 nitrogen and oxygen atoms in total. The zero-order valence-corrected chi connectivity index (χ0v) is 18.0. The standard InChI is InChI=1S/C24H28ClFN2O2/c1-2-22(24(30)27-20-8-4-5-9-20)28(16-18-7-3-6-10-21(18)25)23(29)15-17-11-13-19(26)14-12-17/h3,6-7,10-14,20,22H,2,4-5,8-9,15-16H2,1H3,(H,27,30)/t22-/m1/s1. The molecule has 1 aliphatic rings. The van der Waals surface area contributed by atoms with Crippen LogP contribution in [-0.4, -0.2) is 28.8 Å². The molecule has 0 unspecified atom stereocenters. The summed E-state index contributed by atoms with van der Waals surface area (Å²) >= 11 is 6.34. The lowest BCUT2D eigenvalue weighted by Crippen LogP contribution is -2.51. The van der Waals surface area contributed by atoms with Crippen LogP contribution in [0.2, 0.25) is 5.02 Å². The number of rotatable bonds is 8. The van der Waals surface area contributed by atoms with E-state index < -0.39 is 6.04 Å². The third kappa shape index (κ3) is 5.82. The summed E-state index contributed by atoms with van der Waals surface area (Å²) < 4.78 is 13.2. The van der Waals surface area contributed by atoms with Crippen LogP contribution in [-0.2, 0) is 22.6 Å². The van der Waals surface area contributed by atoms with Crippen LogP contribution in [0, 0.1) is 5.82 Å². The van der Waals surface area contributed by atoms with E-state index in [4.69, 9.17) is 11.6 Å². The Labute approximate surface area is 182 Å². The minimum absolute atomic E-state index is 0.0952. The minimum Gasteiger partial charge on any atom is -0.352 e. The Bertz CT molecular complexity index is 866. The van der Waals surface area contributed by atoms with Gasteiger partial charge >= 0.3 is 0 Å². The molecule has 2 aromatic rings. The fourth-order valence-electron chi connectivity index (χ4n) is 3.98. The molecule has 2 aromatic carbocycles. The molecule has 1 aliphatic carbocycles. The van der Waals surface area contributed by atoms with E-state index in [1.807, 2.05) is 25.1 Å². The van der Waals surface area contributed by atoms with E-state index in [-0.39, 0.29) is 36.6 Å². The molecule has 1 atom stereocenters. The summed E-state index contributed by atoms with van der Waals surface area (Å²) in [4.78, 5) is 27.9. The van der Waals surface area contributed by atoms with Gasteiger partial charge in [0.1, 0.15) is 11.9 Å². The summed E-state index contributed by atoms with van der Waals surface area (Å²) in [5.41, 5.74) is 1.50. The van der Waals surface area contributed by atoms with Crippen molar-refractivity contribution >= 4 is 23.4 Å². The van der Waals surface area contributed by atoms with Gasteiger partial charge in [-0.15, -0.1) is 0 Å². The highest BCUT2D eigenvalue weighted by Crippen LogP contribution is 2.22. The lowest BCUT2D eigenvalue weighted by molar-refractivity contribution is -0.141. The smallest absolute Gasteiger partial charge is 0.243 e. The predicted molar refractivity (Wildman–Crippen MR) is 117 cm³/mol. The molecule has 1 N–H and O–H groups in total. The van der Waals surface area contributed by atoms with Gasteiger partial charge in [0.05, 0.1) is 6.42 Å². The molecule has 0 aliphatic heterocycles. The summed E-state index contributed by atoms with van der Waals surface area (Å²) in [7, 11) is 0. The normalized spacial score (nSPS) is 15.0. The molecule has 2 amide bonds. The Morgan fingerprint density at radius 2 is 1.80 bits per heavy atom. The highest BCUT2D eigenvalue weighted by molar-refractivity contribution is 6.31. The van der Waals surface area contributed by atoms with E-state index in [9.17, 15) is 14.0 Å². The number of hydrogen-bond donors (Lipinski definition) is 1. The average molecular weight is 431 g/mol. The highest BCUT2D eigenvalue weighted by atomic mass is 35.5. The molecule has 0 saturated heterocycles. The lowest BCUT2D eigenvalue weighted by Gasteiger charge is -2.32. The third-order valence-corrected chi connectivity index (χ3v) is 6.02. The van der Waals surface area contributed by atoms with Crippen LogP contribution in [0.15, 0.2) is 48.5 Å². The van der Waals surface area contributed by atoms with Crippen LogP contribution in [0.5, 0.6) is 0 Å². The van der Waals surface area contributed by atoms with Gasteiger partial charge in [0.15, 0.2) is 0 Å². The van der Waals surface area contributed by atoms with Crippen molar-refractivity contribution in [1.82, 2.24) is 10.2 Å². The second-order valence-corrected chi connectivity index (χ2v) is 8.24. The summed E-state index contributed by atoms with van der Waals surface area (Å²) in [6.07, 6.45) is 4.80. The molecular weight excluding hydrogens is 403 g/mol. The average Bonchev–Trinajstić information content (AvgIpc) is 3.24. The molecule has 160 valence electrons. The van der Waals surface area contributed by atoms with Gasteiger partial charge in [0, 0.05) is 17.6 Å². The number of amides is 2. The van der Waals surface area contributed by atoms with Gasteiger partial charge in [-0.2, -0.15) is 0 Å². The summed E-state index contributed by atoms with van der Waals surface area (Å²) in [5, 5.41) is 3.68. The van der Waals surface area contributed by atoms with Crippen LogP contribution in [0.1, 0.15) is 50.2 Å². The number of hydrogen-bond acceptors (Lipinski definition) is 2. The molecule has 0 radical (unpaired) electrons. The first kappa shape index (κ1) is 22.3. The van der Waals surface area contributed by atoms with Crippen molar-refractivity contribution in [2.24, 2.45) is 0 Å². The second-order valence-electron chi connectivity index (χ2n) is 7.83. The van der Waals surface area contributed by atoms with E-state index in [0.717, 1.165) is 31.2 Å². The maximum atomic E-state index is 13.3. The largest absolute Gasteiger partial charge is 0.352 e. The Morgan fingerprint density at radius 1 is 1.13 bits per heavy atom. The molecule has 1 saturated carbocycles. The molecule has 0 aromatic heterocycles. The van der Waals surface area contributed by atoms with Crippen molar-refractivity contribution in [1.29, 1.82) is 0 Å². The second kappa shape index (κ2) is 10.6. The van der Waals surface area contributed by atoms with Crippen molar-refractivity contribution in [3.05, 3.63) is 70.5 Å². The fraction of sp³-hybridized carbons (Fsp3) is 0.417. The van der Waals surface area contributed by atoms with Crippen molar-refractivity contribution in [3.63, 3.8) is 0 Å². The number of carbonyl (C=O) groups excluding carboxylic acids is 2. The van der Waals surface area contributed by atoms with Gasteiger partial charge in [0.2, 0.25) is 11.8 Å². The summed E-state index contributed by atoms with van der Waals surface area (Å²) in [6, 6.07) is 12.8. The summed E-state index contributed by atoms with van der Waals surface area (Å²) in [5.74, 6) is -0.652. The predicted octanol–water partition coefficient (Wildman–Crippen LogP) is 4.89. The topological polar surface area (TPSA) is 49.4 Å². The number of benzene rings is 2. The van der Waals surface area contributed by atoms with Gasteiger partial charge in [-0.1, -0.05) is 61.7 Å². The van der Waals surface area contributed by atoms with E-state index in [1.165, 1.54) is 12.1 Å². The Balaban J connectivity index is 1.82. The van der Waals surface area contributed by atoms with E-state index in [1.54, 1.807) is 23.1 Å². The van der Waals surface area contributed by atoms with Crippen LogP contribution in [0.3, 0.4) is 0 Å². The summed E-state index contributed by atoms with van der Waals surface area (Å²) in [6.45, 7) is 2.15. The van der Waals surface area contributed by atoms with Gasteiger partial charge in [-0.05, 0) is 48.6 Å². The molecule has 6 heteroatoms. The molecule has 0 spiro atoms. The van der Waals surface area contributed by atoms with Gasteiger partial charge in [-0.25, -0.2) is 4.39 Å². The molecule has 3 rings (SSSR count). The van der Waals surface area contributed by atoms with Gasteiger partial charge in [-0.3, -0.25) is 9.59 Å². The van der Waals surface area contributed by atoms with Crippen molar-refractivity contribution in [3.8, 4) is 0 Å². The number of nitrogens with one attached hydrogen (secondary N) is 1. The minimum atomic E-state index is -0.588. The third-order valence-electron chi connectivity index (χ3n) is 5.65. The van der Waals surface area contributed by atoms with Crippen molar-refractivity contribution in [2.75, 3.05) is 0 Å². The lowest BCUT2D eigenvalue weighted by atomic mass is 10.1. The monoisotopic (exact) mass is 430 g/mol. The quantitative estimate of drug-likeness (QED) is 0.648. The van der Waals surface area contributed by atoms with E-state index >= 15 is 0 Å². The molecule has 0 heterocycles. The van der Waals surface area contributed by atoms with Crippen LogP contribution in [0.4, 0.5) is 4.39 Å². The van der Waals surface area contributed by atoms with Crippen molar-refractivity contribution < 1.29 is 14.0 Å². The molecule has 1 fully saturated rings. The Kier molecular flexibility index (Phi) is 7.86. The molecule has 0 bridgehead atoms. The number of carbonyl (C=O) groups is 2. The van der Waals surface area contributed by atoms with Crippen molar-refractivity contribution in [2.45, 2.75) is 64.1 Å². The first-order valence-corrected chi connectivity index (χ1v) is 10.9. The van der Waals surface area contributed by atoms with Crippen LogP contribution < -0.4 is 5.32 Å². The first-order valence-electron chi connectivity index (χ1n) is 10.6. The number of halogens is 2. The maximum Gasteiger partial charge on any atom is 0.243 e. The van der Waals surface area contributed by atoms with E-state index in [0.29, 0.717) is 17.0 Å². The zero-order valence-electron chi connectivity index (χ0n) is 17.2.